The molecule has 86 valence electrons. The van der Waals surface area contributed by atoms with Gasteiger partial charge in [-0.2, -0.15) is 0 Å². The van der Waals surface area contributed by atoms with Crippen LogP contribution in [0.3, 0.4) is 0 Å². The summed E-state index contributed by atoms with van der Waals surface area (Å²) in [5, 5.41) is 0. The fraction of sp³-hybridized carbons (Fsp3) is 0.500. The molecule has 0 N–H and O–H groups in total. The van der Waals surface area contributed by atoms with E-state index in [4.69, 9.17) is 4.74 Å². The highest BCUT2D eigenvalue weighted by atomic mass is 16.5. The van der Waals surface area contributed by atoms with Crippen LogP contribution in [0.5, 0.6) is 0 Å². The highest BCUT2D eigenvalue weighted by Gasteiger charge is 2.39. The molecule has 0 spiro atoms. The summed E-state index contributed by atoms with van der Waals surface area (Å²) in [6, 6.07) is 0.226. The van der Waals surface area contributed by atoms with Crippen LogP contribution in [0.25, 0.3) is 0 Å². The number of nitrogens with zero attached hydrogens (tertiary/aromatic N) is 1. The van der Waals surface area contributed by atoms with Crippen molar-refractivity contribution in [3.8, 4) is 0 Å². The molecule has 2 unspecified atom stereocenters. The van der Waals surface area contributed by atoms with Gasteiger partial charge in [0.15, 0.2) is 0 Å². The molecule has 1 fully saturated rings. The van der Waals surface area contributed by atoms with E-state index in [2.05, 4.69) is 6.08 Å². The number of carbonyl (C=O) groups excluding carboxylic acids is 2. The third-order valence-corrected chi connectivity index (χ3v) is 2.90. The van der Waals surface area contributed by atoms with E-state index in [0.717, 1.165) is 6.42 Å². The molecule has 1 aliphatic heterocycles. The van der Waals surface area contributed by atoms with E-state index >= 15 is 0 Å². The van der Waals surface area contributed by atoms with E-state index in [1.807, 2.05) is 6.08 Å². The highest BCUT2D eigenvalue weighted by Crippen LogP contribution is 2.32. The van der Waals surface area contributed by atoms with Crippen LogP contribution < -0.4 is 0 Å². The van der Waals surface area contributed by atoms with Gasteiger partial charge in [0, 0.05) is 12.6 Å². The Hall–Kier alpha value is -1.58. The van der Waals surface area contributed by atoms with Gasteiger partial charge in [-0.1, -0.05) is 18.2 Å². The summed E-state index contributed by atoms with van der Waals surface area (Å²) in [4.78, 5) is 24.5. The second-order valence-electron chi connectivity index (χ2n) is 3.94. The Bertz CT molecular complexity index is 359. The van der Waals surface area contributed by atoms with Gasteiger partial charge in [0.2, 0.25) is 5.91 Å². The summed E-state index contributed by atoms with van der Waals surface area (Å²) in [5.74, 6) is -0.114. The van der Waals surface area contributed by atoms with Crippen LogP contribution in [0.4, 0.5) is 0 Å². The number of hydrogen-bond acceptors (Lipinski definition) is 3. The minimum atomic E-state index is -0.352. The Labute approximate surface area is 94.6 Å². The van der Waals surface area contributed by atoms with Crippen molar-refractivity contribution in [3.63, 3.8) is 0 Å². The molecular weight excluding hydrogens is 206 g/mol. The summed E-state index contributed by atoms with van der Waals surface area (Å²) in [6.07, 6.45) is 7.99. The molecule has 16 heavy (non-hydrogen) atoms. The van der Waals surface area contributed by atoms with Gasteiger partial charge in [-0.05, 0) is 13.3 Å². The van der Waals surface area contributed by atoms with E-state index < -0.39 is 0 Å². The summed E-state index contributed by atoms with van der Waals surface area (Å²) >= 11 is 0. The molecule has 2 rings (SSSR count). The Morgan fingerprint density at radius 1 is 1.62 bits per heavy atom. The molecule has 2 bridgehead atoms. The first-order chi connectivity index (χ1) is 7.72. The monoisotopic (exact) mass is 221 g/mol. The Kier molecular flexibility index (Phi) is 3.08. The molecule has 0 saturated carbocycles. The number of ether oxygens (including phenoxy) is 1. The average molecular weight is 221 g/mol. The average Bonchev–Trinajstić information content (AvgIpc) is 2.82. The number of rotatable bonds is 4. The summed E-state index contributed by atoms with van der Waals surface area (Å²) in [5.41, 5.74) is 0. The molecule has 4 heteroatoms. The van der Waals surface area contributed by atoms with E-state index in [1.54, 1.807) is 17.9 Å². The number of carbonyl (C=O) groups is 2. The van der Waals surface area contributed by atoms with E-state index in [9.17, 15) is 9.59 Å². The van der Waals surface area contributed by atoms with Crippen molar-refractivity contribution in [2.24, 2.45) is 5.92 Å². The second-order valence-corrected chi connectivity index (χ2v) is 3.94. The lowest BCUT2D eigenvalue weighted by molar-refractivity contribution is -0.137. The topological polar surface area (TPSA) is 46.6 Å². The van der Waals surface area contributed by atoms with Crippen LogP contribution in [-0.2, 0) is 14.3 Å². The molecule has 2 aliphatic rings. The van der Waals surface area contributed by atoms with Crippen molar-refractivity contribution in [1.82, 2.24) is 4.90 Å². The van der Waals surface area contributed by atoms with Crippen LogP contribution in [0.15, 0.2) is 24.3 Å². The first-order valence-electron chi connectivity index (χ1n) is 5.54. The van der Waals surface area contributed by atoms with Crippen LogP contribution in [0.2, 0.25) is 0 Å². The maximum atomic E-state index is 11.7. The highest BCUT2D eigenvalue weighted by molar-refractivity contribution is 5.86. The largest absolute Gasteiger partial charge is 0.463 e. The zero-order valence-corrected chi connectivity index (χ0v) is 9.26. The predicted octanol–water partition coefficient (Wildman–Crippen LogP) is 0.893. The molecular formula is C12H15NO3. The Morgan fingerprint density at radius 2 is 2.44 bits per heavy atom. The molecule has 0 aromatic heterocycles. The molecule has 0 aromatic rings. The summed E-state index contributed by atoms with van der Waals surface area (Å²) in [6.45, 7) is 2.63. The van der Waals surface area contributed by atoms with Crippen molar-refractivity contribution in [2.75, 3.05) is 13.2 Å². The quantitative estimate of drug-likeness (QED) is 0.402. The summed E-state index contributed by atoms with van der Waals surface area (Å²) in [7, 11) is 0. The number of amides is 1. The molecule has 1 heterocycles. The normalized spacial score (nSPS) is 27.1. The Morgan fingerprint density at radius 3 is 3.06 bits per heavy atom. The van der Waals surface area contributed by atoms with Gasteiger partial charge in [-0.3, -0.25) is 4.79 Å². The van der Waals surface area contributed by atoms with Crippen molar-refractivity contribution >= 4 is 11.9 Å². The first-order valence-corrected chi connectivity index (χ1v) is 5.54. The van der Waals surface area contributed by atoms with Gasteiger partial charge in [0.05, 0.1) is 18.6 Å². The van der Waals surface area contributed by atoms with E-state index in [1.165, 1.54) is 6.08 Å². The predicted molar refractivity (Wildman–Crippen MR) is 58.5 cm³/mol. The third kappa shape index (κ3) is 2.01. The molecule has 0 aromatic carbocycles. The molecule has 1 aliphatic carbocycles. The third-order valence-electron chi connectivity index (χ3n) is 2.90. The SMILES string of the molecule is CCOC(=O)/C=C/CN1C(=O)C2C=CC1C2. The minimum Gasteiger partial charge on any atom is -0.463 e. The number of esters is 1. The number of hydrogen-bond donors (Lipinski definition) is 0. The number of likely N-dealkylation sites (tertiary alicyclic amines) is 1. The smallest absolute Gasteiger partial charge is 0.330 e. The Balaban J connectivity index is 1.85. The molecule has 1 saturated heterocycles. The fourth-order valence-electron chi connectivity index (χ4n) is 2.15. The second kappa shape index (κ2) is 4.51. The maximum Gasteiger partial charge on any atom is 0.330 e. The number of fused-ring (bicyclic) bond motifs is 2. The zero-order chi connectivity index (χ0) is 11.5. The zero-order valence-electron chi connectivity index (χ0n) is 9.26. The van der Waals surface area contributed by atoms with Gasteiger partial charge >= 0.3 is 5.97 Å². The lowest BCUT2D eigenvalue weighted by Gasteiger charge is -2.22. The van der Waals surface area contributed by atoms with E-state index in [-0.39, 0.29) is 23.8 Å². The molecule has 0 radical (unpaired) electrons. The molecule has 4 nitrogen and oxygen atoms in total. The van der Waals surface area contributed by atoms with Crippen molar-refractivity contribution in [1.29, 1.82) is 0 Å². The molecule has 2 atom stereocenters. The van der Waals surface area contributed by atoms with Crippen LogP contribution in [0, 0.1) is 5.92 Å². The van der Waals surface area contributed by atoms with Crippen molar-refractivity contribution in [2.45, 2.75) is 19.4 Å². The van der Waals surface area contributed by atoms with Crippen LogP contribution in [-0.4, -0.2) is 36.0 Å². The van der Waals surface area contributed by atoms with Gasteiger partial charge in [-0.25, -0.2) is 4.79 Å². The van der Waals surface area contributed by atoms with Gasteiger partial charge in [-0.15, -0.1) is 0 Å². The minimum absolute atomic E-state index is 0.0704. The van der Waals surface area contributed by atoms with Crippen molar-refractivity contribution < 1.29 is 14.3 Å². The van der Waals surface area contributed by atoms with Gasteiger partial charge in [0.25, 0.3) is 0 Å². The van der Waals surface area contributed by atoms with Gasteiger partial charge in [0.1, 0.15) is 0 Å². The maximum absolute atomic E-state index is 11.7. The van der Waals surface area contributed by atoms with Gasteiger partial charge < -0.3 is 9.64 Å². The molecule has 1 amide bonds. The van der Waals surface area contributed by atoms with Crippen molar-refractivity contribution in [3.05, 3.63) is 24.3 Å². The summed E-state index contributed by atoms with van der Waals surface area (Å²) < 4.78 is 4.75. The van der Waals surface area contributed by atoms with Crippen LogP contribution >= 0.6 is 0 Å². The lowest BCUT2D eigenvalue weighted by atomic mass is 10.1. The van der Waals surface area contributed by atoms with Crippen LogP contribution in [0.1, 0.15) is 13.3 Å². The lowest BCUT2D eigenvalue weighted by Crippen LogP contribution is -2.34. The first kappa shape index (κ1) is 10.9. The fourth-order valence-corrected chi connectivity index (χ4v) is 2.15. The standard InChI is InChI=1S/C12H15NO3/c1-2-16-11(14)4-3-7-13-10-6-5-9(8-10)12(13)15/h3-6,9-10H,2,7-8H2,1H3/b4-3+. The van der Waals surface area contributed by atoms with E-state index in [0.29, 0.717) is 13.2 Å².